The molecule has 1 atom stereocenters. The molecular weight excluding hydrogens is 198 g/mol. The van der Waals surface area contributed by atoms with Crippen molar-refractivity contribution in [2.75, 3.05) is 0 Å². The molecule has 0 aliphatic carbocycles. The molecule has 0 saturated carbocycles. The highest BCUT2D eigenvalue weighted by Crippen LogP contribution is 2.17. The fraction of sp³-hybridized carbons (Fsp3) is 0.500. The van der Waals surface area contributed by atoms with E-state index in [9.17, 15) is 5.21 Å². The molecule has 0 amide bonds. The monoisotopic (exact) mass is 219 g/mol. The smallest absolute Gasteiger partial charge is 0.164 e. The van der Waals surface area contributed by atoms with E-state index in [2.05, 4.69) is 19.1 Å². The Bertz CT molecular complexity index is 349. The van der Waals surface area contributed by atoms with Crippen molar-refractivity contribution >= 4 is 6.21 Å². The van der Waals surface area contributed by atoms with Gasteiger partial charge in [0.1, 0.15) is 0 Å². The third-order valence-corrected chi connectivity index (χ3v) is 2.65. The zero-order valence-electron chi connectivity index (χ0n) is 10.6. The SMILES string of the molecule is CC(CC=[N+]([O-])C(C)(C)C)c1ccccc1. The van der Waals surface area contributed by atoms with Gasteiger partial charge in [-0.2, -0.15) is 0 Å². The summed E-state index contributed by atoms with van der Waals surface area (Å²) in [5.41, 5.74) is 0.942. The molecule has 16 heavy (non-hydrogen) atoms. The second-order valence-corrected chi connectivity index (χ2v) is 5.23. The Morgan fingerprint density at radius 2 is 1.81 bits per heavy atom. The number of hydrogen-bond donors (Lipinski definition) is 0. The van der Waals surface area contributed by atoms with E-state index < -0.39 is 0 Å². The summed E-state index contributed by atoms with van der Waals surface area (Å²) in [6.45, 7) is 7.90. The molecule has 0 aromatic heterocycles. The van der Waals surface area contributed by atoms with Crippen LogP contribution in [-0.2, 0) is 0 Å². The van der Waals surface area contributed by atoms with Crippen molar-refractivity contribution in [2.45, 2.75) is 45.6 Å². The highest BCUT2D eigenvalue weighted by Gasteiger charge is 2.18. The summed E-state index contributed by atoms with van der Waals surface area (Å²) >= 11 is 0. The molecule has 2 nitrogen and oxygen atoms in total. The van der Waals surface area contributed by atoms with Crippen LogP contribution in [0.2, 0.25) is 0 Å². The van der Waals surface area contributed by atoms with Crippen LogP contribution in [0.3, 0.4) is 0 Å². The summed E-state index contributed by atoms with van der Waals surface area (Å²) < 4.78 is 1.05. The van der Waals surface area contributed by atoms with Gasteiger partial charge in [0.15, 0.2) is 11.8 Å². The van der Waals surface area contributed by atoms with Crippen LogP contribution in [-0.4, -0.2) is 16.5 Å². The van der Waals surface area contributed by atoms with E-state index in [-0.39, 0.29) is 5.54 Å². The molecule has 0 spiro atoms. The third kappa shape index (κ3) is 3.69. The Balaban J connectivity index is 2.63. The zero-order chi connectivity index (χ0) is 12.2. The fourth-order valence-electron chi connectivity index (χ4n) is 1.45. The Morgan fingerprint density at radius 1 is 1.25 bits per heavy atom. The molecular formula is C14H21NO. The summed E-state index contributed by atoms with van der Waals surface area (Å²) in [6.07, 6.45) is 2.53. The minimum absolute atomic E-state index is 0.337. The molecule has 2 heteroatoms. The number of hydroxylamine groups is 1. The zero-order valence-corrected chi connectivity index (χ0v) is 10.6. The molecule has 1 rings (SSSR count). The molecule has 1 aromatic rings. The summed E-state index contributed by atoms with van der Waals surface area (Å²) in [4.78, 5) is 0. The van der Waals surface area contributed by atoms with Gasteiger partial charge in [0.2, 0.25) is 0 Å². The lowest BCUT2D eigenvalue weighted by atomic mass is 9.98. The van der Waals surface area contributed by atoms with E-state index in [1.165, 1.54) is 5.56 Å². The van der Waals surface area contributed by atoms with Crippen molar-refractivity contribution in [1.82, 2.24) is 0 Å². The Morgan fingerprint density at radius 3 is 2.31 bits per heavy atom. The number of rotatable bonds is 3. The first-order chi connectivity index (χ1) is 7.41. The van der Waals surface area contributed by atoms with Crippen LogP contribution < -0.4 is 0 Å². The summed E-state index contributed by atoms with van der Waals surface area (Å²) in [7, 11) is 0. The molecule has 1 aromatic carbocycles. The lowest BCUT2D eigenvalue weighted by molar-refractivity contribution is -0.532. The van der Waals surface area contributed by atoms with Crippen LogP contribution in [0.25, 0.3) is 0 Å². The van der Waals surface area contributed by atoms with Gasteiger partial charge in [-0.05, 0) is 11.5 Å². The average molecular weight is 219 g/mol. The van der Waals surface area contributed by atoms with Gasteiger partial charge < -0.3 is 5.21 Å². The topological polar surface area (TPSA) is 26.1 Å². The molecule has 0 heterocycles. The van der Waals surface area contributed by atoms with E-state index in [0.717, 1.165) is 11.2 Å². The highest BCUT2D eigenvalue weighted by atomic mass is 16.5. The van der Waals surface area contributed by atoms with Crippen molar-refractivity contribution in [3.63, 3.8) is 0 Å². The highest BCUT2D eigenvalue weighted by molar-refractivity contribution is 5.53. The molecule has 1 unspecified atom stereocenters. The maximum Gasteiger partial charge on any atom is 0.164 e. The lowest BCUT2D eigenvalue weighted by Gasteiger charge is -2.19. The van der Waals surface area contributed by atoms with E-state index in [1.54, 1.807) is 6.21 Å². The van der Waals surface area contributed by atoms with Crippen LogP contribution in [0.4, 0.5) is 0 Å². The second kappa shape index (κ2) is 5.15. The van der Waals surface area contributed by atoms with Gasteiger partial charge in [0.25, 0.3) is 0 Å². The van der Waals surface area contributed by atoms with E-state index in [1.807, 2.05) is 39.0 Å². The van der Waals surface area contributed by atoms with Crippen molar-refractivity contribution in [2.24, 2.45) is 0 Å². The summed E-state index contributed by atoms with van der Waals surface area (Å²) in [5.74, 6) is 0.389. The Kier molecular flexibility index (Phi) is 4.11. The standard InChI is InChI=1S/C14H21NO/c1-12(13-8-6-5-7-9-13)10-11-15(16)14(2,3)4/h5-9,11-12H,10H2,1-4H3. The van der Waals surface area contributed by atoms with Crippen molar-refractivity contribution in [1.29, 1.82) is 0 Å². The van der Waals surface area contributed by atoms with Gasteiger partial charge in [0, 0.05) is 27.2 Å². The average Bonchev–Trinajstić information content (AvgIpc) is 2.25. The molecule has 0 aliphatic rings. The molecule has 0 aliphatic heterocycles. The molecule has 88 valence electrons. The second-order valence-electron chi connectivity index (χ2n) is 5.23. The Labute approximate surface area is 98.2 Å². The van der Waals surface area contributed by atoms with Crippen LogP contribution in [0.5, 0.6) is 0 Å². The number of benzene rings is 1. The predicted molar refractivity (Wildman–Crippen MR) is 68.9 cm³/mol. The van der Waals surface area contributed by atoms with Gasteiger partial charge in [-0.25, -0.2) is 4.74 Å². The summed E-state index contributed by atoms with van der Waals surface area (Å²) in [5, 5.41) is 11.7. The van der Waals surface area contributed by atoms with Crippen molar-refractivity contribution in [3.05, 3.63) is 41.1 Å². The Hall–Kier alpha value is -1.31. The number of hydrogen-bond acceptors (Lipinski definition) is 1. The third-order valence-electron chi connectivity index (χ3n) is 2.65. The molecule has 0 N–H and O–H groups in total. The van der Waals surface area contributed by atoms with Crippen LogP contribution >= 0.6 is 0 Å². The first-order valence-electron chi connectivity index (χ1n) is 5.76. The fourth-order valence-corrected chi connectivity index (χ4v) is 1.45. The van der Waals surface area contributed by atoms with Crippen LogP contribution in [0, 0.1) is 5.21 Å². The lowest BCUT2D eigenvalue weighted by Crippen LogP contribution is -2.29. The van der Waals surface area contributed by atoms with Gasteiger partial charge in [-0.15, -0.1) is 0 Å². The first-order valence-corrected chi connectivity index (χ1v) is 5.76. The first kappa shape index (κ1) is 12.8. The molecule has 0 bridgehead atoms. The van der Waals surface area contributed by atoms with Gasteiger partial charge in [-0.3, -0.25) is 0 Å². The minimum atomic E-state index is -0.337. The quantitative estimate of drug-likeness (QED) is 0.330. The van der Waals surface area contributed by atoms with E-state index >= 15 is 0 Å². The van der Waals surface area contributed by atoms with Crippen LogP contribution in [0.15, 0.2) is 30.3 Å². The van der Waals surface area contributed by atoms with E-state index in [0.29, 0.717) is 5.92 Å². The van der Waals surface area contributed by atoms with Gasteiger partial charge in [-0.1, -0.05) is 37.3 Å². The largest absolute Gasteiger partial charge is 0.624 e. The predicted octanol–water partition coefficient (Wildman–Crippen LogP) is 3.56. The van der Waals surface area contributed by atoms with Crippen LogP contribution in [0.1, 0.15) is 45.6 Å². The van der Waals surface area contributed by atoms with Gasteiger partial charge in [0.05, 0.1) is 0 Å². The molecule has 0 saturated heterocycles. The van der Waals surface area contributed by atoms with Crippen molar-refractivity contribution in [3.8, 4) is 0 Å². The van der Waals surface area contributed by atoms with Crippen molar-refractivity contribution < 1.29 is 4.74 Å². The maximum absolute atomic E-state index is 11.7. The van der Waals surface area contributed by atoms with E-state index in [4.69, 9.17) is 0 Å². The van der Waals surface area contributed by atoms with Gasteiger partial charge >= 0.3 is 0 Å². The molecule has 0 fully saturated rings. The maximum atomic E-state index is 11.7. The molecule has 0 radical (unpaired) electrons. The normalized spacial score (nSPS) is 14.9. The number of nitrogens with zero attached hydrogens (tertiary/aromatic N) is 1. The summed E-state index contributed by atoms with van der Waals surface area (Å²) in [6, 6.07) is 10.3. The minimum Gasteiger partial charge on any atom is -0.624 e.